The summed E-state index contributed by atoms with van der Waals surface area (Å²) in [5, 5.41) is -0.216. The average molecular weight is 618 g/mol. The number of hydrogen-bond acceptors (Lipinski definition) is 6. The molecule has 9 nitrogen and oxygen atoms in total. The van der Waals surface area contributed by atoms with Crippen molar-refractivity contribution in [2.45, 2.75) is 31.9 Å². The van der Waals surface area contributed by atoms with E-state index >= 15 is 4.39 Å². The van der Waals surface area contributed by atoms with E-state index in [0.29, 0.717) is 6.42 Å². The summed E-state index contributed by atoms with van der Waals surface area (Å²) in [5.74, 6) is -8.44. The number of carbonyl (C=O) groups is 4. The van der Waals surface area contributed by atoms with E-state index < -0.39 is 46.8 Å². The smallest absolute Gasteiger partial charge is 0.341 e. The minimum Gasteiger partial charge on any atom is -0.341 e. The van der Waals surface area contributed by atoms with E-state index in [4.69, 9.17) is 23.2 Å². The summed E-state index contributed by atoms with van der Waals surface area (Å²) in [4.78, 5) is 58.1. The van der Waals surface area contributed by atoms with Crippen molar-refractivity contribution in [2.75, 3.05) is 26.2 Å². The molecule has 214 valence electrons. The number of alkyl halides is 3. The molecule has 2 saturated heterocycles. The van der Waals surface area contributed by atoms with Crippen LogP contribution in [0.3, 0.4) is 0 Å². The van der Waals surface area contributed by atoms with Crippen LogP contribution in [-0.4, -0.2) is 70.3 Å². The van der Waals surface area contributed by atoms with E-state index in [0.717, 1.165) is 34.4 Å². The molecule has 40 heavy (non-hydrogen) atoms. The molecule has 15 heteroatoms. The molecule has 0 radical (unpaired) electrons. The van der Waals surface area contributed by atoms with Gasteiger partial charge in [-0.2, -0.15) is 8.78 Å². The van der Waals surface area contributed by atoms with Gasteiger partial charge in [0.15, 0.2) is 0 Å². The van der Waals surface area contributed by atoms with Gasteiger partial charge in [0.1, 0.15) is 4.88 Å². The Bertz CT molecular complexity index is 1400. The summed E-state index contributed by atoms with van der Waals surface area (Å²) in [5.41, 5.74) is -0.461. The molecule has 1 aromatic heterocycles. The zero-order chi connectivity index (χ0) is 29.3. The molecule has 2 atom stereocenters. The van der Waals surface area contributed by atoms with E-state index in [1.54, 1.807) is 10.9 Å². The van der Waals surface area contributed by atoms with E-state index in [-0.39, 0.29) is 51.8 Å². The third-order valence-corrected chi connectivity index (χ3v) is 9.50. The molecule has 2 aromatic rings. The van der Waals surface area contributed by atoms with Gasteiger partial charge in [-0.15, -0.1) is 11.3 Å². The van der Waals surface area contributed by atoms with E-state index in [9.17, 15) is 28.0 Å². The maximum Gasteiger partial charge on any atom is 0.351 e. The summed E-state index contributed by atoms with van der Waals surface area (Å²) in [6, 6.07) is 2.78. The number of benzene rings is 1. The molecular weight excluding hydrogens is 594 g/mol. The zero-order valence-electron chi connectivity index (χ0n) is 21.3. The number of amides is 4. The number of hydrazine groups is 1. The first-order chi connectivity index (χ1) is 18.6. The molecule has 5 rings (SSSR count). The van der Waals surface area contributed by atoms with Crippen molar-refractivity contribution in [3.8, 4) is 0 Å². The lowest BCUT2D eigenvalue weighted by Crippen LogP contribution is -2.71. The lowest BCUT2D eigenvalue weighted by Gasteiger charge is -2.52. The first-order valence-electron chi connectivity index (χ1n) is 12.2. The van der Waals surface area contributed by atoms with Crippen LogP contribution in [0.25, 0.3) is 0 Å². The monoisotopic (exact) mass is 617 g/mol. The standard InChI is InChI=1S/C25H24Cl2F3N5O4S/c1-22(2)6-14(22)18(36)34-8-23(9-34)10-35(19(37)17-7-31-12-40-17)11-24(23,28)20(38)32-33-21(39)25(29,30)13-3-4-15(26)16(27)5-13/h3-5,7,12,14H,6,8-11H2,1-2H3,(H,32,38)(H,33,39)/t14-,24?/m1/s1. The van der Waals surface area contributed by atoms with Crippen LogP contribution in [0.1, 0.15) is 35.5 Å². The lowest BCUT2D eigenvalue weighted by molar-refractivity contribution is -0.165. The van der Waals surface area contributed by atoms with Gasteiger partial charge in [0.25, 0.3) is 11.8 Å². The van der Waals surface area contributed by atoms with Crippen LogP contribution in [0.5, 0.6) is 0 Å². The first-order valence-corrected chi connectivity index (χ1v) is 13.8. The quantitative estimate of drug-likeness (QED) is 0.499. The van der Waals surface area contributed by atoms with Gasteiger partial charge >= 0.3 is 11.8 Å². The summed E-state index contributed by atoms with van der Waals surface area (Å²) < 4.78 is 46.2. The Hall–Kier alpha value is -2.90. The number of aromatic nitrogens is 1. The molecule has 1 aliphatic carbocycles. The molecule has 3 fully saturated rings. The average Bonchev–Trinajstić information content (AvgIpc) is 3.22. The van der Waals surface area contributed by atoms with Gasteiger partial charge in [-0.1, -0.05) is 43.1 Å². The third-order valence-electron chi connectivity index (χ3n) is 8.00. The highest BCUT2D eigenvalue weighted by Crippen LogP contribution is 2.56. The SMILES string of the molecule is CC1(C)C[C@@H]1C(=O)N1CC2(CN(C(=O)c3cncs3)CC2(F)C(=O)NNC(=O)C(F)(F)c2ccc(Cl)c(Cl)c2)C1. The molecule has 1 aromatic carbocycles. The van der Waals surface area contributed by atoms with Crippen LogP contribution < -0.4 is 10.9 Å². The zero-order valence-corrected chi connectivity index (χ0v) is 23.6. The number of nitrogens with zero attached hydrogens (tertiary/aromatic N) is 3. The Kier molecular flexibility index (Phi) is 6.86. The van der Waals surface area contributed by atoms with Crippen molar-refractivity contribution in [1.29, 1.82) is 0 Å². The second-order valence-corrected chi connectivity index (χ2v) is 12.9. The minimum absolute atomic E-state index is 0.00321. The Morgan fingerprint density at radius 1 is 1.05 bits per heavy atom. The van der Waals surface area contributed by atoms with Crippen molar-refractivity contribution in [1.82, 2.24) is 25.6 Å². The van der Waals surface area contributed by atoms with E-state index in [1.165, 1.54) is 16.6 Å². The van der Waals surface area contributed by atoms with E-state index in [1.807, 2.05) is 13.8 Å². The first kappa shape index (κ1) is 28.6. The Balaban J connectivity index is 1.33. The van der Waals surface area contributed by atoms with Crippen molar-refractivity contribution >= 4 is 58.2 Å². The highest BCUT2D eigenvalue weighted by molar-refractivity contribution is 7.11. The van der Waals surface area contributed by atoms with Crippen molar-refractivity contribution < 1.29 is 32.3 Å². The molecule has 3 heterocycles. The van der Waals surface area contributed by atoms with Gasteiger partial charge in [0.05, 0.1) is 33.7 Å². The molecule has 0 bridgehead atoms. The number of halogens is 5. The number of nitrogens with one attached hydrogen (secondary N) is 2. The summed E-state index contributed by atoms with van der Waals surface area (Å²) >= 11 is 12.6. The fraction of sp³-hybridized carbons (Fsp3) is 0.480. The van der Waals surface area contributed by atoms with Crippen LogP contribution in [-0.2, 0) is 20.3 Å². The lowest BCUT2D eigenvalue weighted by atomic mass is 9.69. The minimum atomic E-state index is -4.15. The molecule has 4 amide bonds. The predicted molar refractivity (Wildman–Crippen MR) is 139 cm³/mol. The number of carbonyl (C=O) groups excluding carboxylic acids is 4. The number of hydrogen-bond donors (Lipinski definition) is 2. The number of likely N-dealkylation sites (tertiary alicyclic amines) is 2. The maximum atomic E-state index is 16.7. The Morgan fingerprint density at radius 3 is 2.27 bits per heavy atom. The second kappa shape index (κ2) is 9.59. The topological polar surface area (TPSA) is 112 Å². The van der Waals surface area contributed by atoms with Crippen LogP contribution in [0, 0.1) is 16.7 Å². The highest BCUT2D eigenvalue weighted by atomic mass is 35.5. The molecule has 2 aliphatic heterocycles. The Labute approximate surface area is 241 Å². The van der Waals surface area contributed by atoms with Crippen molar-refractivity contribution in [3.63, 3.8) is 0 Å². The molecule has 1 unspecified atom stereocenters. The van der Waals surface area contributed by atoms with Crippen molar-refractivity contribution in [3.05, 3.63) is 50.4 Å². The maximum absolute atomic E-state index is 16.7. The fourth-order valence-electron chi connectivity index (χ4n) is 5.32. The molecule has 2 N–H and O–H groups in total. The van der Waals surface area contributed by atoms with Crippen LogP contribution in [0.4, 0.5) is 13.2 Å². The molecule has 3 aliphatic rings. The third kappa shape index (κ3) is 4.61. The van der Waals surface area contributed by atoms with Crippen LogP contribution in [0.15, 0.2) is 29.9 Å². The molecule has 1 spiro atoms. The normalized spacial score (nSPS) is 24.4. The van der Waals surface area contributed by atoms with Crippen molar-refractivity contribution in [2.24, 2.45) is 16.7 Å². The molecular formula is C25H24Cl2F3N5O4S. The summed E-state index contributed by atoms with van der Waals surface area (Å²) in [7, 11) is 0. The second-order valence-electron chi connectivity index (χ2n) is 11.2. The van der Waals surface area contributed by atoms with Gasteiger partial charge in [-0.25, -0.2) is 4.39 Å². The van der Waals surface area contributed by atoms with Gasteiger partial charge in [-0.05, 0) is 24.0 Å². The van der Waals surface area contributed by atoms with E-state index in [2.05, 4.69) is 4.98 Å². The number of rotatable bonds is 5. The summed E-state index contributed by atoms with van der Waals surface area (Å²) in [6.45, 7) is 2.69. The largest absolute Gasteiger partial charge is 0.351 e. The Morgan fingerprint density at radius 2 is 1.70 bits per heavy atom. The van der Waals surface area contributed by atoms with Gasteiger partial charge in [0.2, 0.25) is 11.6 Å². The van der Waals surface area contributed by atoms with Crippen LogP contribution in [0.2, 0.25) is 10.0 Å². The summed E-state index contributed by atoms with van der Waals surface area (Å²) in [6.07, 6.45) is 2.00. The molecule has 1 saturated carbocycles. The van der Waals surface area contributed by atoms with Gasteiger partial charge in [0, 0.05) is 31.1 Å². The van der Waals surface area contributed by atoms with Crippen LogP contribution >= 0.6 is 34.5 Å². The predicted octanol–water partition coefficient (Wildman–Crippen LogP) is 3.43. The van der Waals surface area contributed by atoms with Gasteiger partial charge in [-0.3, -0.25) is 35.0 Å². The number of thiazole rings is 1. The fourth-order valence-corrected chi connectivity index (χ4v) is 6.21. The van der Waals surface area contributed by atoms with Gasteiger partial charge < -0.3 is 9.80 Å². The highest BCUT2D eigenvalue weighted by Gasteiger charge is 2.70.